The van der Waals surface area contributed by atoms with Gasteiger partial charge in [-0.1, -0.05) is 194 Å². The van der Waals surface area contributed by atoms with Crippen molar-refractivity contribution in [3.63, 3.8) is 0 Å². The second-order valence-electron chi connectivity index (χ2n) is 15.5. The Labute approximate surface area is 312 Å². The second-order valence-corrected chi connectivity index (χ2v) is 15.5. The molecule has 0 aliphatic heterocycles. The highest BCUT2D eigenvalue weighted by atomic mass is 17.1. The lowest BCUT2D eigenvalue weighted by atomic mass is 9.87. The largest absolute Gasteiger partial charge is 0.379 e. The molecule has 0 saturated carbocycles. The number of hydrogen-bond donors (Lipinski definition) is 2. The second kappa shape index (κ2) is 43.2. The molecule has 6 nitrogen and oxygen atoms in total. The zero-order chi connectivity index (χ0) is 36.4. The maximum atomic E-state index is 9.97. The van der Waals surface area contributed by atoms with Crippen molar-refractivity contribution in [1.82, 2.24) is 0 Å². The molecule has 3 unspecified atom stereocenters. The average molecular weight is 715 g/mol. The summed E-state index contributed by atoms with van der Waals surface area (Å²) in [4.78, 5) is 10.1. The summed E-state index contributed by atoms with van der Waals surface area (Å²) in [5, 5.41) is 19.7. The molecule has 0 amide bonds. The maximum Gasteiger partial charge on any atom is 0.0955 e. The predicted molar refractivity (Wildman–Crippen MR) is 214 cm³/mol. The van der Waals surface area contributed by atoms with Crippen molar-refractivity contribution in [3.8, 4) is 0 Å². The molecule has 0 saturated heterocycles. The first-order valence-corrected chi connectivity index (χ1v) is 22.5. The molecule has 0 aromatic carbocycles. The molecule has 6 heteroatoms. The monoisotopic (exact) mass is 715 g/mol. The van der Waals surface area contributed by atoms with E-state index in [1.54, 1.807) is 0 Å². The van der Waals surface area contributed by atoms with Gasteiger partial charge in [-0.3, -0.25) is 10.5 Å². The zero-order valence-electron chi connectivity index (χ0n) is 34.1. The fraction of sp³-hybridized carbons (Fsp3) is 1.00. The van der Waals surface area contributed by atoms with Crippen LogP contribution in [0.4, 0.5) is 0 Å². The van der Waals surface area contributed by atoms with E-state index in [4.69, 9.17) is 19.2 Å². The number of rotatable bonds is 44. The van der Waals surface area contributed by atoms with Crippen molar-refractivity contribution in [2.75, 3.05) is 26.4 Å². The first-order chi connectivity index (χ1) is 24.7. The third-order valence-corrected chi connectivity index (χ3v) is 10.7. The van der Waals surface area contributed by atoms with Crippen LogP contribution >= 0.6 is 0 Å². The highest BCUT2D eigenvalue weighted by Gasteiger charge is 2.24. The van der Waals surface area contributed by atoms with Crippen LogP contribution in [0.15, 0.2) is 0 Å². The summed E-state index contributed by atoms with van der Waals surface area (Å²) in [6, 6.07) is 0. The summed E-state index contributed by atoms with van der Waals surface area (Å²) in [5.41, 5.74) is 0. The summed E-state index contributed by atoms with van der Waals surface area (Å²) >= 11 is 0. The molecule has 0 aliphatic carbocycles. The van der Waals surface area contributed by atoms with E-state index in [2.05, 4.69) is 20.8 Å². The summed E-state index contributed by atoms with van der Waals surface area (Å²) < 4.78 is 11.3. The first kappa shape index (κ1) is 49.8. The summed E-state index contributed by atoms with van der Waals surface area (Å²) in [5.74, 6) is 0.259. The third-order valence-electron chi connectivity index (χ3n) is 10.7. The Bertz CT molecular complexity index is 605. The van der Waals surface area contributed by atoms with Crippen LogP contribution in [-0.2, 0) is 19.2 Å². The topological polar surface area (TPSA) is 77.4 Å². The Morgan fingerprint density at radius 2 is 0.720 bits per heavy atom. The van der Waals surface area contributed by atoms with E-state index in [9.17, 15) is 10.5 Å². The fourth-order valence-electron chi connectivity index (χ4n) is 7.37. The van der Waals surface area contributed by atoms with Crippen LogP contribution in [0.1, 0.15) is 239 Å². The van der Waals surface area contributed by atoms with Gasteiger partial charge in [-0.05, 0) is 50.9 Å². The van der Waals surface area contributed by atoms with Crippen molar-refractivity contribution in [2.24, 2.45) is 5.92 Å². The van der Waals surface area contributed by atoms with Gasteiger partial charge in [-0.25, -0.2) is 9.78 Å². The van der Waals surface area contributed by atoms with Gasteiger partial charge < -0.3 is 9.47 Å². The number of ether oxygens (including phenoxy) is 2. The molecule has 302 valence electrons. The molecule has 0 aromatic rings. The Morgan fingerprint density at radius 3 is 1.14 bits per heavy atom. The smallest absolute Gasteiger partial charge is 0.0955 e. The number of hydrogen-bond acceptors (Lipinski definition) is 6. The van der Waals surface area contributed by atoms with E-state index in [0.29, 0.717) is 13.2 Å². The van der Waals surface area contributed by atoms with Crippen LogP contribution in [0.5, 0.6) is 0 Å². The van der Waals surface area contributed by atoms with Crippen LogP contribution < -0.4 is 0 Å². The Morgan fingerprint density at radius 1 is 0.320 bits per heavy atom. The lowest BCUT2D eigenvalue weighted by Gasteiger charge is -2.26. The van der Waals surface area contributed by atoms with Crippen LogP contribution in [0.2, 0.25) is 0 Å². The van der Waals surface area contributed by atoms with E-state index in [-0.39, 0.29) is 18.1 Å². The first-order valence-electron chi connectivity index (χ1n) is 22.5. The molecule has 0 heterocycles. The van der Waals surface area contributed by atoms with E-state index in [1.807, 2.05) is 0 Å². The Hall–Kier alpha value is -0.240. The van der Waals surface area contributed by atoms with Crippen molar-refractivity contribution < 1.29 is 29.8 Å². The van der Waals surface area contributed by atoms with Gasteiger partial charge in [0.05, 0.1) is 25.4 Å². The molecule has 0 spiro atoms. The minimum absolute atomic E-state index is 0.132. The van der Waals surface area contributed by atoms with Gasteiger partial charge in [0.2, 0.25) is 0 Å². The van der Waals surface area contributed by atoms with Crippen LogP contribution in [0.25, 0.3) is 0 Å². The normalized spacial score (nSPS) is 13.6. The molecular weight excluding hydrogens is 624 g/mol. The molecule has 0 aromatic heterocycles. The lowest BCUT2D eigenvalue weighted by molar-refractivity contribution is -0.297. The maximum absolute atomic E-state index is 9.97. The zero-order valence-corrected chi connectivity index (χ0v) is 34.1. The predicted octanol–water partition coefficient (Wildman–Crippen LogP) is 14.7. The lowest BCUT2D eigenvalue weighted by Crippen LogP contribution is -2.25. The van der Waals surface area contributed by atoms with E-state index >= 15 is 0 Å². The molecule has 0 fully saturated rings. The Balaban J connectivity index is 4.37. The fourth-order valence-corrected chi connectivity index (χ4v) is 7.37. The molecule has 0 aliphatic rings. The number of unbranched alkanes of at least 4 members (excludes halogenated alkanes) is 25. The minimum atomic E-state index is -0.151. The van der Waals surface area contributed by atoms with Gasteiger partial charge in [0, 0.05) is 13.2 Å². The van der Waals surface area contributed by atoms with Gasteiger partial charge >= 0.3 is 0 Å². The minimum Gasteiger partial charge on any atom is -0.379 e. The average Bonchev–Trinajstić information content (AvgIpc) is 3.13. The third kappa shape index (κ3) is 36.1. The highest BCUT2D eigenvalue weighted by Crippen LogP contribution is 2.27. The molecule has 0 rings (SSSR count). The van der Waals surface area contributed by atoms with Gasteiger partial charge in [-0.15, -0.1) is 0 Å². The van der Waals surface area contributed by atoms with Crippen LogP contribution in [0, 0.1) is 5.92 Å². The highest BCUT2D eigenvalue weighted by molar-refractivity contribution is 4.73. The molecule has 2 N–H and O–H groups in total. The molecular formula is C44H90O6. The van der Waals surface area contributed by atoms with Crippen molar-refractivity contribution in [2.45, 2.75) is 251 Å². The van der Waals surface area contributed by atoms with Gasteiger partial charge in [0.1, 0.15) is 0 Å². The van der Waals surface area contributed by atoms with E-state index in [1.165, 1.54) is 154 Å². The summed E-state index contributed by atoms with van der Waals surface area (Å²) in [6.45, 7) is 9.54. The standard InChI is InChI=1S/C44H90O6/c1-4-7-9-11-13-15-17-19-21-23-25-27-29-34-43(49-45)37-36-42(33-31-32-39-48-41-40-47-38-6-3)44(50-46)35-30-28-26-24-22-20-18-16-14-12-10-8-5-2/h42-46H,4-41H2,1-3H3. The molecule has 0 bridgehead atoms. The quantitative estimate of drug-likeness (QED) is 0.0372. The molecule has 0 radical (unpaired) electrons. The van der Waals surface area contributed by atoms with Crippen LogP contribution in [-0.4, -0.2) is 49.1 Å². The molecule has 3 atom stereocenters. The van der Waals surface area contributed by atoms with Crippen molar-refractivity contribution in [3.05, 3.63) is 0 Å². The molecule has 50 heavy (non-hydrogen) atoms. The van der Waals surface area contributed by atoms with Gasteiger partial charge in [-0.2, -0.15) is 0 Å². The van der Waals surface area contributed by atoms with Crippen LogP contribution in [0.3, 0.4) is 0 Å². The van der Waals surface area contributed by atoms with Gasteiger partial charge in [0.15, 0.2) is 0 Å². The SMILES string of the molecule is CCCCCCCCCCCCCCCC(CCC(CCCCOCCOCCC)C(CCCCCCCCCCCCCCC)OO)OO. The van der Waals surface area contributed by atoms with Crippen molar-refractivity contribution in [1.29, 1.82) is 0 Å². The van der Waals surface area contributed by atoms with Gasteiger partial charge in [0.25, 0.3) is 0 Å². The summed E-state index contributed by atoms with van der Waals surface area (Å²) in [6.07, 6.45) is 42.1. The summed E-state index contributed by atoms with van der Waals surface area (Å²) in [7, 11) is 0. The Kier molecular flexibility index (Phi) is 43.0. The van der Waals surface area contributed by atoms with E-state index < -0.39 is 0 Å². The van der Waals surface area contributed by atoms with Crippen molar-refractivity contribution >= 4 is 0 Å². The van der Waals surface area contributed by atoms with E-state index in [0.717, 1.165) is 77.4 Å².